The molecule has 0 radical (unpaired) electrons. The number of hydrogen-bond donors (Lipinski definition) is 2. The maximum absolute atomic E-state index is 12.0. The van der Waals surface area contributed by atoms with Crippen LogP contribution < -0.4 is 10.1 Å². The predicted octanol–water partition coefficient (Wildman–Crippen LogP) is 7.22. The van der Waals surface area contributed by atoms with Crippen molar-refractivity contribution in [3.05, 3.63) is 48.1 Å². The van der Waals surface area contributed by atoms with Gasteiger partial charge < -0.3 is 15.2 Å². The van der Waals surface area contributed by atoms with Crippen molar-refractivity contribution in [3.63, 3.8) is 0 Å². The van der Waals surface area contributed by atoms with Crippen LogP contribution in [0.2, 0.25) is 0 Å². The third kappa shape index (κ3) is 14.4. The molecule has 0 heterocycles. The van der Waals surface area contributed by atoms with Gasteiger partial charge in [0, 0.05) is 13.0 Å². The van der Waals surface area contributed by atoms with Gasteiger partial charge in [0.2, 0.25) is 5.91 Å². The van der Waals surface area contributed by atoms with Gasteiger partial charge in [-0.05, 0) is 56.2 Å². The Labute approximate surface area is 189 Å². The van der Waals surface area contributed by atoms with Gasteiger partial charge in [0.05, 0.1) is 7.11 Å². The number of carbonyl (C=O) groups is 1. The van der Waals surface area contributed by atoms with E-state index in [1.165, 1.54) is 64.9 Å². The summed E-state index contributed by atoms with van der Waals surface area (Å²) in [6.07, 6.45) is 24.2. The number of rotatable bonds is 18. The van der Waals surface area contributed by atoms with Crippen LogP contribution in [0.3, 0.4) is 0 Å². The summed E-state index contributed by atoms with van der Waals surface area (Å²) in [5.74, 6) is 0.618. The van der Waals surface area contributed by atoms with Crippen LogP contribution in [0.25, 0.3) is 0 Å². The number of allylic oxidation sites excluding steroid dienone is 4. The van der Waals surface area contributed by atoms with Crippen molar-refractivity contribution in [2.24, 2.45) is 0 Å². The van der Waals surface area contributed by atoms with E-state index in [1.807, 2.05) is 0 Å². The van der Waals surface area contributed by atoms with Crippen LogP contribution in [-0.2, 0) is 11.3 Å². The fourth-order valence-electron chi connectivity index (χ4n) is 3.39. The van der Waals surface area contributed by atoms with Crippen molar-refractivity contribution in [2.75, 3.05) is 7.11 Å². The Hall–Kier alpha value is -2.23. The highest BCUT2D eigenvalue weighted by Crippen LogP contribution is 2.26. The molecule has 0 bridgehead atoms. The molecule has 2 N–H and O–H groups in total. The monoisotopic (exact) mass is 429 g/mol. The van der Waals surface area contributed by atoms with Gasteiger partial charge in [0.1, 0.15) is 0 Å². The summed E-state index contributed by atoms with van der Waals surface area (Å²) in [7, 11) is 1.52. The lowest BCUT2D eigenvalue weighted by Gasteiger charge is -2.08. The van der Waals surface area contributed by atoms with E-state index in [0.29, 0.717) is 18.7 Å². The number of carbonyl (C=O) groups excluding carboxylic acids is 1. The van der Waals surface area contributed by atoms with Gasteiger partial charge in [-0.15, -0.1) is 0 Å². The Morgan fingerprint density at radius 2 is 1.58 bits per heavy atom. The van der Waals surface area contributed by atoms with E-state index in [2.05, 4.69) is 36.5 Å². The highest BCUT2D eigenvalue weighted by atomic mass is 16.5. The van der Waals surface area contributed by atoms with Crippen molar-refractivity contribution in [1.29, 1.82) is 0 Å². The zero-order chi connectivity index (χ0) is 22.6. The minimum absolute atomic E-state index is 0.0802. The molecule has 0 spiro atoms. The van der Waals surface area contributed by atoms with Crippen molar-refractivity contribution >= 4 is 5.91 Å². The summed E-state index contributed by atoms with van der Waals surface area (Å²) < 4.78 is 5.09. The Bertz CT molecular complexity index is 652. The summed E-state index contributed by atoms with van der Waals surface area (Å²) in [6, 6.07) is 5.12. The number of methoxy groups -OCH3 is 1. The molecule has 31 heavy (non-hydrogen) atoms. The lowest BCUT2D eigenvalue weighted by molar-refractivity contribution is -0.121. The largest absolute Gasteiger partial charge is 0.504 e. The number of phenolic OH excluding ortho intramolecular Hbond substituents is 1. The molecule has 0 unspecified atom stereocenters. The molecule has 0 aromatic heterocycles. The second kappa shape index (κ2) is 18.5. The van der Waals surface area contributed by atoms with E-state index < -0.39 is 0 Å². The van der Waals surface area contributed by atoms with Gasteiger partial charge in [-0.1, -0.05) is 75.8 Å². The van der Waals surface area contributed by atoms with Crippen LogP contribution in [0, 0.1) is 0 Å². The first kappa shape index (κ1) is 26.8. The summed E-state index contributed by atoms with van der Waals surface area (Å²) >= 11 is 0. The zero-order valence-corrected chi connectivity index (χ0v) is 19.7. The molecule has 1 aromatic rings. The van der Waals surface area contributed by atoms with E-state index in [-0.39, 0.29) is 11.7 Å². The lowest BCUT2D eigenvalue weighted by Crippen LogP contribution is -2.22. The average molecular weight is 430 g/mol. The zero-order valence-electron chi connectivity index (χ0n) is 19.7. The van der Waals surface area contributed by atoms with Crippen molar-refractivity contribution in [2.45, 2.75) is 96.9 Å². The fourth-order valence-corrected chi connectivity index (χ4v) is 3.39. The molecule has 1 rings (SSSR count). The highest BCUT2D eigenvalue weighted by Gasteiger charge is 2.05. The summed E-state index contributed by atoms with van der Waals surface area (Å²) in [4.78, 5) is 12.0. The quantitative estimate of drug-likeness (QED) is 0.191. The van der Waals surface area contributed by atoms with Crippen molar-refractivity contribution < 1.29 is 14.6 Å². The first-order valence-corrected chi connectivity index (χ1v) is 12.1. The van der Waals surface area contributed by atoms with E-state index in [1.54, 1.807) is 18.2 Å². The minimum atomic E-state index is 0.0802. The van der Waals surface area contributed by atoms with Gasteiger partial charge in [-0.2, -0.15) is 0 Å². The van der Waals surface area contributed by atoms with Crippen LogP contribution in [0.15, 0.2) is 42.5 Å². The smallest absolute Gasteiger partial charge is 0.220 e. The second-order valence-electron chi connectivity index (χ2n) is 8.12. The van der Waals surface area contributed by atoms with Crippen LogP contribution in [-0.4, -0.2) is 18.1 Å². The number of amides is 1. The van der Waals surface area contributed by atoms with Crippen LogP contribution in [0.5, 0.6) is 11.5 Å². The maximum atomic E-state index is 12.0. The third-order valence-electron chi connectivity index (χ3n) is 5.34. The molecule has 0 fully saturated rings. The third-order valence-corrected chi connectivity index (χ3v) is 5.34. The van der Waals surface area contributed by atoms with Gasteiger partial charge in [0.25, 0.3) is 0 Å². The first-order chi connectivity index (χ1) is 15.2. The molecule has 1 aromatic carbocycles. The Morgan fingerprint density at radius 1 is 0.935 bits per heavy atom. The number of ether oxygens (including phenoxy) is 1. The Kier molecular flexibility index (Phi) is 16.0. The molecule has 0 aliphatic rings. The van der Waals surface area contributed by atoms with E-state index >= 15 is 0 Å². The predicted molar refractivity (Wildman–Crippen MR) is 130 cm³/mol. The average Bonchev–Trinajstić information content (AvgIpc) is 2.78. The topological polar surface area (TPSA) is 58.6 Å². The number of phenols is 1. The number of unbranched alkanes of at least 4 members (excludes halogenated alkanes) is 9. The summed E-state index contributed by atoms with van der Waals surface area (Å²) in [6.45, 7) is 2.70. The highest BCUT2D eigenvalue weighted by molar-refractivity contribution is 5.75. The van der Waals surface area contributed by atoms with E-state index in [4.69, 9.17) is 4.74 Å². The number of nitrogens with one attached hydrogen (secondary N) is 1. The molecular formula is C27H43NO3. The summed E-state index contributed by atoms with van der Waals surface area (Å²) in [5, 5.41) is 12.5. The molecule has 0 atom stereocenters. The molecule has 0 aliphatic heterocycles. The van der Waals surface area contributed by atoms with E-state index in [0.717, 1.165) is 24.8 Å². The molecule has 0 saturated carbocycles. The van der Waals surface area contributed by atoms with Gasteiger partial charge >= 0.3 is 0 Å². The lowest BCUT2D eigenvalue weighted by atomic mass is 10.1. The van der Waals surface area contributed by atoms with Crippen molar-refractivity contribution in [1.82, 2.24) is 5.32 Å². The molecule has 4 heteroatoms. The summed E-state index contributed by atoms with van der Waals surface area (Å²) in [5.41, 5.74) is 0.917. The molecule has 0 aliphatic carbocycles. The normalized spacial score (nSPS) is 11.4. The van der Waals surface area contributed by atoms with Gasteiger partial charge in [-0.3, -0.25) is 4.79 Å². The number of aromatic hydroxyl groups is 1. The number of hydrogen-bond acceptors (Lipinski definition) is 3. The van der Waals surface area contributed by atoms with Crippen LogP contribution in [0.4, 0.5) is 0 Å². The van der Waals surface area contributed by atoms with Crippen LogP contribution in [0.1, 0.15) is 96.0 Å². The second-order valence-corrected chi connectivity index (χ2v) is 8.12. The maximum Gasteiger partial charge on any atom is 0.220 e. The molecular weight excluding hydrogens is 386 g/mol. The fraction of sp³-hybridized carbons (Fsp3) is 0.593. The molecule has 1 amide bonds. The SMILES string of the molecule is CCCCC/C=C/C/C=C/CCCCCCCCC(=O)NCc1ccc(O)c(OC)c1. The Balaban J connectivity index is 1.93. The van der Waals surface area contributed by atoms with E-state index in [9.17, 15) is 9.90 Å². The van der Waals surface area contributed by atoms with Crippen molar-refractivity contribution in [3.8, 4) is 11.5 Å². The number of benzene rings is 1. The Morgan fingerprint density at radius 3 is 2.26 bits per heavy atom. The minimum Gasteiger partial charge on any atom is -0.504 e. The molecule has 0 saturated heterocycles. The standard InChI is InChI=1S/C27H43NO3/c1-3-4-5-6-7-8-9-10-11-12-13-14-15-16-17-18-19-27(30)28-23-24-20-21-25(29)26(22-24)31-2/h7-8,10-11,20-22,29H,3-6,9,12-19,23H2,1-2H3,(H,28,30)/b8-7+,11-10+. The molecule has 4 nitrogen and oxygen atoms in total. The molecule has 174 valence electrons. The van der Waals surface area contributed by atoms with Crippen LogP contribution >= 0.6 is 0 Å². The van der Waals surface area contributed by atoms with Gasteiger partial charge in [-0.25, -0.2) is 0 Å². The van der Waals surface area contributed by atoms with Gasteiger partial charge in [0.15, 0.2) is 11.5 Å². The first-order valence-electron chi connectivity index (χ1n) is 12.1.